The van der Waals surface area contributed by atoms with Crippen LogP contribution in [0.5, 0.6) is 0 Å². The minimum absolute atomic E-state index is 0.0967. The van der Waals surface area contributed by atoms with Crippen LogP contribution in [0.4, 0.5) is 0 Å². The van der Waals surface area contributed by atoms with E-state index in [2.05, 4.69) is 5.32 Å². The molecular weight excluding hydrogens is 284 g/mol. The highest BCUT2D eigenvalue weighted by atomic mass is 32.2. The molecule has 0 aromatic heterocycles. The summed E-state index contributed by atoms with van der Waals surface area (Å²) in [6, 6.07) is 5.17. The van der Waals surface area contributed by atoms with E-state index >= 15 is 0 Å². The molecule has 0 saturated heterocycles. The molecule has 0 unspecified atom stereocenters. The SMILES string of the molecule is NS(=O)(=O)c1ccc(C(=O)OCC(=O)NC2CC2)cc1. The van der Waals surface area contributed by atoms with E-state index in [1.807, 2.05) is 0 Å². The van der Waals surface area contributed by atoms with E-state index in [4.69, 9.17) is 9.88 Å². The number of esters is 1. The minimum Gasteiger partial charge on any atom is -0.452 e. The number of ether oxygens (including phenoxy) is 1. The third-order valence-electron chi connectivity index (χ3n) is 2.70. The summed E-state index contributed by atoms with van der Waals surface area (Å²) in [6.07, 6.45) is 1.91. The molecule has 0 heterocycles. The average Bonchev–Trinajstić information content (AvgIpc) is 3.19. The Labute approximate surface area is 116 Å². The zero-order valence-electron chi connectivity index (χ0n) is 10.5. The summed E-state index contributed by atoms with van der Waals surface area (Å²) in [5, 5.41) is 7.61. The summed E-state index contributed by atoms with van der Waals surface area (Å²) in [4.78, 5) is 22.9. The maximum Gasteiger partial charge on any atom is 0.338 e. The van der Waals surface area contributed by atoms with Crippen LogP contribution in [0.15, 0.2) is 29.2 Å². The fourth-order valence-corrected chi connectivity index (χ4v) is 2.01. The molecule has 0 bridgehead atoms. The average molecular weight is 298 g/mol. The van der Waals surface area contributed by atoms with Crippen LogP contribution >= 0.6 is 0 Å². The molecule has 0 radical (unpaired) electrons. The Morgan fingerprint density at radius 1 is 1.25 bits per heavy atom. The van der Waals surface area contributed by atoms with E-state index in [-0.39, 0.29) is 29.0 Å². The highest BCUT2D eigenvalue weighted by molar-refractivity contribution is 7.89. The second kappa shape index (κ2) is 5.59. The molecule has 1 aromatic carbocycles. The maximum absolute atomic E-state index is 11.6. The van der Waals surface area contributed by atoms with Crippen LogP contribution in [0, 0.1) is 0 Å². The molecule has 8 heteroatoms. The van der Waals surface area contributed by atoms with Crippen molar-refractivity contribution in [2.75, 3.05) is 6.61 Å². The summed E-state index contributed by atoms with van der Waals surface area (Å²) >= 11 is 0. The zero-order valence-corrected chi connectivity index (χ0v) is 11.4. The van der Waals surface area contributed by atoms with Crippen molar-refractivity contribution < 1.29 is 22.7 Å². The smallest absolute Gasteiger partial charge is 0.338 e. The predicted molar refractivity (Wildman–Crippen MR) is 69.3 cm³/mol. The molecule has 20 heavy (non-hydrogen) atoms. The molecule has 7 nitrogen and oxygen atoms in total. The quantitative estimate of drug-likeness (QED) is 0.728. The number of amides is 1. The first-order valence-corrected chi connectivity index (χ1v) is 7.50. The van der Waals surface area contributed by atoms with Gasteiger partial charge < -0.3 is 10.1 Å². The van der Waals surface area contributed by atoms with Gasteiger partial charge >= 0.3 is 5.97 Å². The van der Waals surface area contributed by atoms with Crippen molar-refractivity contribution in [2.24, 2.45) is 5.14 Å². The first-order valence-electron chi connectivity index (χ1n) is 5.95. The van der Waals surface area contributed by atoms with E-state index in [9.17, 15) is 18.0 Å². The Morgan fingerprint density at radius 3 is 2.35 bits per heavy atom. The van der Waals surface area contributed by atoms with Crippen molar-refractivity contribution in [3.05, 3.63) is 29.8 Å². The van der Waals surface area contributed by atoms with Gasteiger partial charge in [-0.3, -0.25) is 4.79 Å². The lowest BCUT2D eigenvalue weighted by Gasteiger charge is -2.06. The Kier molecular flexibility index (Phi) is 4.05. The fraction of sp³-hybridized carbons (Fsp3) is 0.333. The molecule has 1 saturated carbocycles. The standard InChI is InChI=1S/C12H14N2O5S/c13-20(17,18)10-5-1-8(2-6-10)12(16)19-7-11(15)14-9-3-4-9/h1-2,5-6,9H,3-4,7H2,(H,14,15)(H2,13,17,18). The van der Waals surface area contributed by atoms with Gasteiger partial charge in [0.25, 0.3) is 5.91 Å². The minimum atomic E-state index is -3.79. The van der Waals surface area contributed by atoms with Crippen molar-refractivity contribution in [3.8, 4) is 0 Å². The van der Waals surface area contributed by atoms with Crippen molar-refractivity contribution in [3.63, 3.8) is 0 Å². The van der Waals surface area contributed by atoms with Crippen molar-refractivity contribution in [1.29, 1.82) is 0 Å². The first kappa shape index (κ1) is 14.5. The van der Waals surface area contributed by atoms with E-state index in [1.54, 1.807) is 0 Å². The van der Waals surface area contributed by atoms with Gasteiger partial charge in [-0.2, -0.15) is 0 Å². The summed E-state index contributed by atoms with van der Waals surface area (Å²) in [7, 11) is -3.79. The number of primary sulfonamides is 1. The Bertz CT molecular complexity index is 620. The lowest BCUT2D eigenvalue weighted by Crippen LogP contribution is -2.30. The third-order valence-corrected chi connectivity index (χ3v) is 3.62. The largest absolute Gasteiger partial charge is 0.452 e. The molecule has 3 N–H and O–H groups in total. The van der Waals surface area contributed by atoms with Crippen LogP contribution < -0.4 is 10.5 Å². The number of benzene rings is 1. The third kappa shape index (κ3) is 4.04. The number of nitrogens with one attached hydrogen (secondary N) is 1. The first-order chi connectivity index (χ1) is 9.36. The Morgan fingerprint density at radius 2 is 1.85 bits per heavy atom. The number of rotatable bonds is 5. The van der Waals surface area contributed by atoms with Crippen LogP contribution in [-0.2, 0) is 19.6 Å². The molecule has 1 aliphatic carbocycles. The molecule has 108 valence electrons. The van der Waals surface area contributed by atoms with E-state index in [0.29, 0.717) is 0 Å². The second-order valence-corrected chi connectivity index (χ2v) is 6.05. The maximum atomic E-state index is 11.6. The van der Waals surface area contributed by atoms with E-state index in [1.165, 1.54) is 24.3 Å². The van der Waals surface area contributed by atoms with E-state index < -0.39 is 16.0 Å². The highest BCUT2D eigenvalue weighted by Crippen LogP contribution is 2.18. The summed E-state index contributed by atoms with van der Waals surface area (Å²) < 4.78 is 26.9. The van der Waals surface area contributed by atoms with Gasteiger partial charge in [0.15, 0.2) is 6.61 Å². The second-order valence-electron chi connectivity index (χ2n) is 4.49. The number of hydrogen-bond donors (Lipinski definition) is 2. The number of carbonyl (C=O) groups is 2. The Hall–Kier alpha value is -1.93. The van der Waals surface area contributed by atoms with Crippen LogP contribution in [0.25, 0.3) is 0 Å². The van der Waals surface area contributed by atoms with Crippen molar-refractivity contribution in [2.45, 2.75) is 23.8 Å². The zero-order chi connectivity index (χ0) is 14.8. The number of hydrogen-bond acceptors (Lipinski definition) is 5. The van der Waals surface area contributed by atoms with E-state index in [0.717, 1.165) is 12.8 Å². The number of carbonyl (C=O) groups excluding carboxylic acids is 2. The van der Waals surface area contributed by atoms with Crippen LogP contribution in [-0.4, -0.2) is 32.9 Å². The topological polar surface area (TPSA) is 116 Å². The van der Waals surface area contributed by atoms with Gasteiger partial charge in [-0.1, -0.05) is 0 Å². The van der Waals surface area contributed by atoms with Crippen molar-refractivity contribution in [1.82, 2.24) is 5.32 Å². The van der Waals surface area contributed by atoms with Crippen molar-refractivity contribution >= 4 is 21.9 Å². The van der Waals surface area contributed by atoms with Gasteiger partial charge in [0.05, 0.1) is 10.5 Å². The van der Waals surface area contributed by atoms with Crippen LogP contribution in [0.1, 0.15) is 23.2 Å². The molecule has 0 aliphatic heterocycles. The van der Waals surface area contributed by atoms with Gasteiger partial charge in [-0.05, 0) is 37.1 Å². The number of nitrogens with two attached hydrogens (primary N) is 1. The fourth-order valence-electron chi connectivity index (χ4n) is 1.49. The van der Waals surface area contributed by atoms with Gasteiger partial charge in [0.2, 0.25) is 10.0 Å². The molecule has 1 amide bonds. The van der Waals surface area contributed by atoms with Gasteiger partial charge in [0.1, 0.15) is 0 Å². The molecule has 1 fully saturated rings. The van der Waals surface area contributed by atoms with Gasteiger partial charge in [0, 0.05) is 6.04 Å². The Balaban J connectivity index is 1.90. The molecule has 0 atom stereocenters. The molecule has 1 aliphatic rings. The lowest BCUT2D eigenvalue weighted by atomic mass is 10.2. The molecule has 2 rings (SSSR count). The molecule has 1 aromatic rings. The summed E-state index contributed by atoms with van der Waals surface area (Å²) in [5.74, 6) is -1.04. The van der Waals surface area contributed by atoms with Crippen LogP contribution in [0.2, 0.25) is 0 Å². The molecular formula is C12H14N2O5S. The highest BCUT2D eigenvalue weighted by Gasteiger charge is 2.23. The van der Waals surface area contributed by atoms with Gasteiger partial charge in [-0.25, -0.2) is 18.4 Å². The summed E-state index contributed by atoms with van der Waals surface area (Å²) in [5.41, 5.74) is 0.150. The number of sulfonamides is 1. The normalized spacial score (nSPS) is 14.7. The predicted octanol–water partition coefficient (Wildman–Crippen LogP) is -0.231. The summed E-state index contributed by atoms with van der Waals surface area (Å²) in [6.45, 7) is -0.355. The van der Waals surface area contributed by atoms with Gasteiger partial charge in [-0.15, -0.1) is 0 Å². The monoisotopic (exact) mass is 298 g/mol. The van der Waals surface area contributed by atoms with Crippen LogP contribution in [0.3, 0.4) is 0 Å². The molecule has 0 spiro atoms. The lowest BCUT2D eigenvalue weighted by molar-refractivity contribution is -0.124.